The lowest BCUT2D eigenvalue weighted by Gasteiger charge is -2.03. The summed E-state index contributed by atoms with van der Waals surface area (Å²) in [7, 11) is 0. The predicted octanol–water partition coefficient (Wildman–Crippen LogP) is 2.76. The minimum absolute atomic E-state index is 0.727. The Labute approximate surface area is 73.4 Å². The molecule has 0 spiro atoms. The first-order chi connectivity index (χ1) is 5.90. The van der Waals surface area contributed by atoms with Gasteiger partial charge in [-0.2, -0.15) is 0 Å². The van der Waals surface area contributed by atoms with Gasteiger partial charge in [0.2, 0.25) is 0 Å². The zero-order chi connectivity index (χ0) is 8.39. The number of ether oxygens (including phenoxy) is 1. The summed E-state index contributed by atoms with van der Waals surface area (Å²) in [5.41, 5.74) is 1.32. The fraction of sp³-hybridized carbons (Fsp3) is 0.455. The Morgan fingerprint density at radius 3 is 3.00 bits per heavy atom. The lowest BCUT2D eigenvalue weighted by Crippen LogP contribution is -1.92. The van der Waals surface area contributed by atoms with Crippen LogP contribution in [-0.2, 0) is 0 Å². The van der Waals surface area contributed by atoms with Gasteiger partial charge >= 0.3 is 0 Å². The van der Waals surface area contributed by atoms with Gasteiger partial charge in [0.15, 0.2) is 0 Å². The number of hydrogen-bond donors (Lipinski definition) is 0. The minimum atomic E-state index is 0.727. The van der Waals surface area contributed by atoms with E-state index >= 15 is 0 Å². The SMILES string of the molecule is CCOc1[c]c(C2CC2)ccc1. The van der Waals surface area contributed by atoms with Crippen LogP contribution in [-0.4, -0.2) is 6.61 Å². The third-order valence-corrected chi connectivity index (χ3v) is 2.11. The van der Waals surface area contributed by atoms with Crippen molar-refractivity contribution in [3.05, 3.63) is 29.8 Å². The second kappa shape index (κ2) is 3.18. The summed E-state index contributed by atoms with van der Waals surface area (Å²) >= 11 is 0. The van der Waals surface area contributed by atoms with Crippen molar-refractivity contribution in [2.45, 2.75) is 25.7 Å². The summed E-state index contributed by atoms with van der Waals surface area (Å²) in [6, 6.07) is 9.44. The molecule has 1 nitrogen and oxygen atoms in total. The molecule has 0 aliphatic heterocycles. The zero-order valence-corrected chi connectivity index (χ0v) is 7.34. The largest absolute Gasteiger partial charge is 0.493 e. The molecule has 0 bridgehead atoms. The molecule has 0 amide bonds. The molecule has 1 fully saturated rings. The molecule has 1 aliphatic carbocycles. The Morgan fingerprint density at radius 2 is 2.33 bits per heavy atom. The topological polar surface area (TPSA) is 9.23 Å². The van der Waals surface area contributed by atoms with Crippen LogP contribution in [0.15, 0.2) is 18.2 Å². The maximum absolute atomic E-state index is 5.37. The molecule has 12 heavy (non-hydrogen) atoms. The van der Waals surface area contributed by atoms with E-state index in [-0.39, 0.29) is 0 Å². The first-order valence-corrected chi connectivity index (χ1v) is 4.55. The van der Waals surface area contributed by atoms with Crippen molar-refractivity contribution in [2.24, 2.45) is 0 Å². The van der Waals surface area contributed by atoms with Crippen LogP contribution in [0.5, 0.6) is 5.75 Å². The summed E-state index contributed by atoms with van der Waals surface area (Å²) in [5.74, 6) is 1.66. The Bertz CT molecular complexity index is 263. The average molecular weight is 161 g/mol. The van der Waals surface area contributed by atoms with Crippen molar-refractivity contribution < 1.29 is 4.74 Å². The molecule has 1 aromatic rings. The summed E-state index contributed by atoms with van der Waals surface area (Å²) in [6.45, 7) is 2.72. The maximum atomic E-state index is 5.37. The number of hydrogen-bond acceptors (Lipinski definition) is 1. The monoisotopic (exact) mass is 161 g/mol. The third-order valence-electron chi connectivity index (χ3n) is 2.11. The summed E-state index contributed by atoms with van der Waals surface area (Å²) < 4.78 is 5.37. The second-order valence-corrected chi connectivity index (χ2v) is 3.18. The third kappa shape index (κ3) is 1.60. The smallest absolute Gasteiger partial charge is 0.127 e. The molecule has 2 rings (SSSR count). The van der Waals surface area contributed by atoms with Crippen LogP contribution in [0.1, 0.15) is 31.2 Å². The van der Waals surface area contributed by atoms with Crippen molar-refractivity contribution in [3.63, 3.8) is 0 Å². The van der Waals surface area contributed by atoms with Crippen LogP contribution in [0.3, 0.4) is 0 Å². The zero-order valence-electron chi connectivity index (χ0n) is 7.34. The summed E-state index contributed by atoms with van der Waals surface area (Å²) in [6.07, 6.45) is 2.65. The minimum Gasteiger partial charge on any atom is -0.493 e. The summed E-state index contributed by atoms with van der Waals surface area (Å²) in [5, 5.41) is 0. The first kappa shape index (κ1) is 7.66. The Hall–Kier alpha value is -0.980. The van der Waals surface area contributed by atoms with Crippen LogP contribution < -0.4 is 4.74 Å². The Kier molecular flexibility index (Phi) is 2.03. The highest BCUT2D eigenvalue weighted by Gasteiger charge is 2.23. The predicted molar refractivity (Wildman–Crippen MR) is 48.4 cm³/mol. The highest BCUT2D eigenvalue weighted by molar-refractivity contribution is 5.31. The fourth-order valence-electron chi connectivity index (χ4n) is 1.34. The molecule has 0 unspecified atom stereocenters. The Balaban J connectivity index is 2.15. The molecule has 1 heteroatoms. The van der Waals surface area contributed by atoms with Crippen molar-refractivity contribution in [1.82, 2.24) is 0 Å². The van der Waals surface area contributed by atoms with E-state index in [9.17, 15) is 0 Å². The second-order valence-electron chi connectivity index (χ2n) is 3.18. The normalized spacial score (nSPS) is 16.1. The van der Waals surface area contributed by atoms with E-state index in [4.69, 9.17) is 4.74 Å². The number of benzene rings is 1. The number of rotatable bonds is 3. The molecule has 63 valence electrons. The lowest BCUT2D eigenvalue weighted by molar-refractivity contribution is 0.339. The van der Waals surface area contributed by atoms with Crippen molar-refractivity contribution in [1.29, 1.82) is 0 Å². The van der Waals surface area contributed by atoms with E-state index in [2.05, 4.69) is 18.2 Å². The van der Waals surface area contributed by atoms with E-state index in [0.29, 0.717) is 0 Å². The Morgan fingerprint density at radius 1 is 1.50 bits per heavy atom. The van der Waals surface area contributed by atoms with Gasteiger partial charge in [-0.15, -0.1) is 0 Å². The molecule has 0 N–H and O–H groups in total. The highest BCUT2D eigenvalue weighted by atomic mass is 16.5. The molecule has 1 saturated carbocycles. The molecule has 0 atom stereocenters. The van der Waals surface area contributed by atoms with Gasteiger partial charge in [-0.1, -0.05) is 12.1 Å². The van der Waals surface area contributed by atoms with Gasteiger partial charge in [0, 0.05) is 6.07 Å². The van der Waals surface area contributed by atoms with E-state index < -0.39 is 0 Å². The van der Waals surface area contributed by atoms with E-state index in [1.54, 1.807) is 0 Å². The van der Waals surface area contributed by atoms with Crippen LogP contribution in [0, 0.1) is 6.07 Å². The van der Waals surface area contributed by atoms with Crippen LogP contribution in [0.25, 0.3) is 0 Å². The quantitative estimate of drug-likeness (QED) is 0.662. The molecule has 1 aliphatic rings. The van der Waals surface area contributed by atoms with Gasteiger partial charge in [-0.25, -0.2) is 0 Å². The van der Waals surface area contributed by atoms with Gasteiger partial charge in [0.1, 0.15) is 5.75 Å². The average Bonchev–Trinajstić information content (AvgIpc) is 2.88. The maximum Gasteiger partial charge on any atom is 0.127 e. The molecular formula is C11H13O. The van der Waals surface area contributed by atoms with E-state index in [0.717, 1.165) is 18.3 Å². The molecule has 0 saturated heterocycles. The van der Waals surface area contributed by atoms with Crippen LogP contribution >= 0.6 is 0 Å². The molecule has 1 aromatic carbocycles. The van der Waals surface area contributed by atoms with Crippen molar-refractivity contribution in [2.75, 3.05) is 6.61 Å². The first-order valence-electron chi connectivity index (χ1n) is 4.55. The van der Waals surface area contributed by atoms with Gasteiger partial charge in [0.05, 0.1) is 6.61 Å². The highest BCUT2D eigenvalue weighted by Crippen LogP contribution is 2.40. The van der Waals surface area contributed by atoms with Gasteiger partial charge in [0.25, 0.3) is 0 Å². The van der Waals surface area contributed by atoms with Gasteiger partial charge in [-0.3, -0.25) is 0 Å². The van der Waals surface area contributed by atoms with Gasteiger partial charge < -0.3 is 4.74 Å². The van der Waals surface area contributed by atoms with E-state index in [1.165, 1.54) is 18.4 Å². The van der Waals surface area contributed by atoms with Crippen LogP contribution in [0.4, 0.5) is 0 Å². The molecule has 0 aromatic heterocycles. The van der Waals surface area contributed by atoms with Gasteiger partial charge in [-0.05, 0) is 37.3 Å². The van der Waals surface area contributed by atoms with Crippen LogP contribution in [0.2, 0.25) is 0 Å². The molecule has 0 heterocycles. The van der Waals surface area contributed by atoms with Crippen molar-refractivity contribution in [3.8, 4) is 5.75 Å². The summed E-state index contributed by atoms with van der Waals surface area (Å²) in [4.78, 5) is 0. The fourth-order valence-corrected chi connectivity index (χ4v) is 1.34. The molecule has 1 radical (unpaired) electrons. The standard InChI is InChI=1S/C11H13O/c1-2-12-11-5-3-4-10(8-11)9-6-7-9/h3-5,9H,2,6-7H2,1H3. The van der Waals surface area contributed by atoms with Crippen molar-refractivity contribution >= 4 is 0 Å². The molecular weight excluding hydrogens is 148 g/mol. The van der Waals surface area contributed by atoms with E-state index in [1.807, 2.05) is 13.0 Å². The lowest BCUT2D eigenvalue weighted by atomic mass is 10.1.